The first-order valence-corrected chi connectivity index (χ1v) is 27.6. The number of rotatable bonds is 24. The van der Waals surface area contributed by atoms with Gasteiger partial charge < -0.3 is 37.9 Å². The topological polar surface area (TPSA) is 73.8 Å². The summed E-state index contributed by atoms with van der Waals surface area (Å²) in [5.41, 5.74) is 5.47. The van der Waals surface area contributed by atoms with E-state index in [-0.39, 0.29) is 18.9 Å². The maximum atomic E-state index is 5.97. The van der Waals surface area contributed by atoms with Gasteiger partial charge in [-0.15, -0.1) is 0 Å². The molecule has 0 N–H and O–H groups in total. The zero-order valence-corrected chi connectivity index (χ0v) is 46.7. The SMILES string of the molecule is CCC(C)c1ccc(OC(C)OC)cc1.CCC(C)c1ccc(OC(C)OC2CCCCC2)cc1.CCC(C)c1ccc(OC(C)OCCC2CCCCC2)cc1.CCC(C)c1ccc(OCOC)cc1. The Morgan fingerprint density at radius 1 is 0.423 bits per heavy atom. The lowest BCUT2D eigenvalue weighted by molar-refractivity contribution is -0.116. The fourth-order valence-electron chi connectivity index (χ4n) is 8.62. The van der Waals surface area contributed by atoms with Crippen molar-refractivity contribution in [3.05, 3.63) is 119 Å². The predicted octanol–water partition coefficient (Wildman–Crippen LogP) is 17.9. The number of hydrogen-bond acceptors (Lipinski definition) is 8. The molecule has 4 aromatic carbocycles. The fourth-order valence-corrected chi connectivity index (χ4v) is 8.62. The predicted molar refractivity (Wildman–Crippen MR) is 295 cm³/mol. The molecule has 398 valence electrons. The summed E-state index contributed by atoms with van der Waals surface area (Å²) in [6.45, 7) is 24.8. The summed E-state index contributed by atoms with van der Waals surface area (Å²) in [5, 5.41) is 0. The average Bonchev–Trinajstić information content (AvgIpc) is 3.41. The van der Waals surface area contributed by atoms with E-state index < -0.39 is 0 Å². The molecular weight excluding hydrogens is 885 g/mol. The van der Waals surface area contributed by atoms with Crippen LogP contribution >= 0.6 is 0 Å². The highest BCUT2D eigenvalue weighted by atomic mass is 16.7. The molecule has 6 rings (SSSR count). The van der Waals surface area contributed by atoms with Crippen LogP contribution in [-0.4, -0.2) is 52.6 Å². The third kappa shape index (κ3) is 24.9. The Labute approximate surface area is 433 Å². The summed E-state index contributed by atoms with van der Waals surface area (Å²) in [4.78, 5) is 0. The molecule has 8 nitrogen and oxygen atoms in total. The molecule has 0 heterocycles. The number of methoxy groups -OCH3 is 2. The summed E-state index contributed by atoms with van der Waals surface area (Å²) in [6, 6.07) is 33.3. The van der Waals surface area contributed by atoms with Gasteiger partial charge in [0.15, 0.2) is 25.7 Å². The summed E-state index contributed by atoms with van der Waals surface area (Å²) in [6.07, 6.45) is 19.0. The quantitative estimate of drug-likeness (QED) is 0.0643. The highest BCUT2D eigenvalue weighted by Gasteiger charge is 2.18. The molecule has 2 fully saturated rings. The van der Waals surface area contributed by atoms with Crippen molar-refractivity contribution in [3.63, 3.8) is 0 Å². The van der Waals surface area contributed by atoms with Crippen molar-refractivity contribution in [1.82, 2.24) is 0 Å². The highest BCUT2D eigenvalue weighted by molar-refractivity contribution is 5.31. The van der Waals surface area contributed by atoms with E-state index in [1.807, 2.05) is 45.0 Å². The van der Waals surface area contributed by atoms with Crippen molar-refractivity contribution in [3.8, 4) is 23.0 Å². The van der Waals surface area contributed by atoms with E-state index in [0.717, 1.165) is 48.4 Å². The molecule has 0 aliphatic heterocycles. The van der Waals surface area contributed by atoms with Crippen LogP contribution in [0.5, 0.6) is 23.0 Å². The van der Waals surface area contributed by atoms with Gasteiger partial charge in [0.2, 0.25) is 0 Å². The molecule has 0 bridgehead atoms. The monoisotopic (exact) mass is 983 g/mol. The second-order valence-corrected chi connectivity index (χ2v) is 19.9. The van der Waals surface area contributed by atoms with Crippen LogP contribution in [0.4, 0.5) is 0 Å². The molecule has 2 aliphatic rings. The van der Waals surface area contributed by atoms with Crippen LogP contribution in [0.1, 0.15) is 218 Å². The van der Waals surface area contributed by atoms with E-state index in [1.54, 1.807) is 14.2 Å². The van der Waals surface area contributed by atoms with Crippen molar-refractivity contribution >= 4 is 0 Å². The summed E-state index contributed by atoms with van der Waals surface area (Å²) < 4.78 is 44.2. The van der Waals surface area contributed by atoms with Crippen molar-refractivity contribution in [2.75, 3.05) is 27.6 Å². The molecule has 2 aliphatic carbocycles. The third-order valence-corrected chi connectivity index (χ3v) is 14.4. The average molecular weight is 983 g/mol. The van der Waals surface area contributed by atoms with Crippen molar-refractivity contribution < 1.29 is 37.9 Å². The van der Waals surface area contributed by atoms with Gasteiger partial charge in [-0.3, -0.25) is 0 Å². The van der Waals surface area contributed by atoms with E-state index in [4.69, 9.17) is 37.9 Å². The number of benzene rings is 4. The normalized spacial score (nSPS) is 16.9. The van der Waals surface area contributed by atoms with Crippen LogP contribution in [0.15, 0.2) is 97.1 Å². The van der Waals surface area contributed by atoms with Crippen LogP contribution in [0.25, 0.3) is 0 Å². The second-order valence-electron chi connectivity index (χ2n) is 19.9. The smallest absolute Gasteiger partial charge is 0.197 e. The maximum absolute atomic E-state index is 5.97. The first kappa shape index (κ1) is 61.2. The third-order valence-electron chi connectivity index (χ3n) is 14.4. The first-order chi connectivity index (χ1) is 34.3. The standard InChI is InChI=1S/C20H32O2.C18H28O2.C13H20O2.C12H18O2/c1-4-16(2)19-10-12-20(13-11-19)22-17(3)21-15-14-18-8-6-5-7-9-18;1-4-14(2)16-10-12-18(13-11-16)20-15(3)19-17-8-6-5-7-9-17;1-5-10(2)12-6-8-13(9-7-12)15-11(3)14-4;1-4-10(2)11-5-7-12(8-6-11)14-9-13-3/h10-13,16-18H,4-9,14-15H2,1-3H3;10-15,17H,4-9H2,1-3H3;6-11H,5H2,1-4H3;5-8,10H,4,9H2,1-3H3. The second kappa shape index (κ2) is 35.9. The zero-order valence-electron chi connectivity index (χ0n) is 46.7. The van der Waals surface area contributed by atoms with E-state index in [9.17, 15) is 0 Å². The van der Waals surface area contributed by atoms with Gasteiger partial charge in [-0.25, -0.2) is 0 Å². The van der Waals surface area contributed by atoms with Gasteiger partial charge in [0.05, 0.1) is 12.7 Å². The molecule has 8 heteroatoms. The Kier molecular flexibility index (Phi) is 31.0. The lowest BCUT2D eigenvalue weighted by Crippen LogP contribution is -2.26. The van der Waals surface area contributed by atoms with Crippen molar-refractivity contribution in [2.24, 2.45) is 5.92 Å². The van der Waals surface area contributed by atoms with Gasteiger partial charge in [0.25, 0.3) is 0 Å². The summed E-state index contributed by atoms with van der Waals surface area (Å²) >= 11 is 0. The van der Waals surface area contributed by atoms with Gasteiger partial charge in [-0.05, 0) is 166 Å². The lowest BCUT2D eigenvalue weighted by Gasteiger charge is -2.26. The Hall–Kier alpha value is -4.08. The van der Waals surface area contributed by atoms with Crippen LogP contribution in [-0.2, 0) is 18.9 Å². The van der Waals surface area contributed by atoms with Gasteiger partial charge in [-0.2, -0.15) is 0 Å². The Balaban J connectivity index is 0.000000255. The van der Waals surface area contributed by atoms with Gasteiger partial charge >= 0.3 is 0 Å². The Bertz CT molecular complexity index is 1870. The number of ether oxygens (including phenoxy) is 8. The van der Waals surface area contributed by atoms with Crippen LogP contribution in [0, 0.1) is 5.92 Å². The van der Waals surface area contributed by atoms with E-state index in [1.165, 1.54) is 106 Å². The van der Waals surface area contributed by atoms with E-state index in [2.05, 4.69) is 128 Å². The fraction of sp³-hybridized carbons (Fsp3) is 0.619. The molecular formula is C63H98O8. The maximum Gasteiger partial charge on any atom is 0.197 e. The molecule has 0 saturated heterocycles. The summed E-state index contributed by atoms with van der Waals surface area (Å²) in [5.74, 6) is 6.84. The zero-order chi connectivity index (χ0) is 51.8. The van der Waals surface area contributed by atoms with Crippen LogP contribution < -0.4 is 18.9 Å². The first-order valence-electron chi connectivity index (χ1n) is 27.6. The lowest BCUT2D eigenvalue weighted by atomic mass is 9.87. The van der Waals surface area contributed by atoms with Crippen LogP contribution in [0.2, 0.25) is 0 Å². The van der Waals surface area contributed by atoms with Crippen LogP contribution in [0.3, 0.4) is 0 Å². The van der Waals surface area contributed by atoms with Gasteiger partial charge in [0.1, 0.15) is 23.0 Å². The molecule has 0 radical (unpaired) electrons. The molecule has 4 aromatic rings. The molecule has 0 aromatic heterocycles. The minimum Gasteiger partial charge on any atom is -0.468 e. The Morgan fingerprint density at radius 2 is 0.775 bits per heavy atom. The van der Waals surface area contributed by atoms with E-state index >= 15 is 0 Å². The molecule has 2 saturated carbocycles. The van der Waals surface area contributed by atoms with Gasteiger partial charge in [0, 0.05) is 14.2 Å². The highest BCUT2D eigenvalue weighted by Crippen LogP contribution is 2.29. The molecule has 0 spiro atoms. The minimum atomic E-state index is -0.195. The summed E-state index contributed by atoms with van der Waals surface area (Å²) in [7, 11) is 3.26. The molecule has 7 atom stereocenters. The van der Waals surface area contributed by atoms with Crippen molar-refractivity contribution in [1.29, 1.82) is 0 Å². The molecule has 0 amide bonds. The van der Waals surface area contributed by atoms with Crippen molar-refractivity contribution in [2.45, 2.75) is 221 Å². The Morgan fingerprint density at radius 3 is 1.14 bits per heavy atom. The molecule has 71 heavy (non-hydrogen) atoms. The van der Waals surface area contributed by atoms with Gasteiger partial charge in [-0.1, -0.05) is 155 Å². The minimum absolute atomic E-state index is 0.160. The molecule has 7 unspecified atom stereocenters. The number of hydrogen-bond donors (Lipinski definition) is 0. The van der Waals surface area contributed by atoms with E-state index in [0.29, 0.717) is 36.6 Å². The largest absolute Gasteiger partial charge is 0.468 e.